The molecule has 1 amide bonds. The number of rotatable bonds is 3. The van der Waals surface area contributed by atoms with Gasteiger partial charge in [-0.2, -0.15) is 18.4 Å². The number of nitrogens with one attached hydrogen (secondary N) is 2. The van der Waals surface area contributed by atoms with E-state index < -0.39 is 29.7 Å². The topological polar surface area (TPSA) is 64.9 Å². The predicted molar refractivity (Wildman–Crippen MR) is 128 cm³/mol. The van der Waals surface area contributed by atoms with Crippen molar-refractivity contribution < 1.29 is 18.0 Å². The van der Waals surface area contributed by atoms with E-state index in [4.69, 9.17) is 0 Å². The number of halogens is 4. The van der Waals surface area contributed by atoms with E-state index >= 15 is 0 Å². The largest absolute Gasteiger partial charge is 0.422 e. The molecule has 1 heterocycles. The van der Waals surface area contributed by atoms with E-state index in [1.54, 1.807) is 18.2 Å². The Kier molecular flexibility index (Phi) is 8.00. The fraction of sp³-hybridized carbons (Fsp3) is 0.417. The van der Waals surface area contributed by atoms with Gasteiger partial charge >= 0.3 is 6.18 Å². The molecule has 33 heavy (non-hydrogen) atoms. The molecule has 0 spiro atoms. The Bertz CT molecular complexity index is 1140. The normalized spacial score (nSPS) is 24.4. The summed E-state index contributed by atoms with van der Waals surface area (Å²) in [5.74, 6) is 4.72. The van der Waals surface area contributed by atoms with Crippen molar-refractivity contribution in [3.8, 4) is 17.9 Å². The van der Waals surface area contributed by atoms with Gasteiger partial charge in [0, 0.05) is 10.2 Å². The minimum atomic E-state index is -4.81. The van der Waals surface area contributed by atoms with Gasteiger partial charge in [-0.05, 0) is 46.9 Å². The Labute approximate surface area is 203 Å². The highest BCUT2D eigenvalue weighted by molar-refractivity contribution is 9.10. The number of nitrogens with zero attached hydrogens (tertiary/aromatic N) is 1. The molecule has 2 N–H and O–H groups in total. The number of amides is 1. The molecule has 174 valence electrons. The van der Waals surface area contributed by atoms with Crippen LogP contribution in [0.1, 0.15) is 25.8 Å². The number of thioether (sulfide) groups is 1. The summed E-state index contributed by atoms with van der Waals surface area (Å²) >= 11 is 4.59. The first-order chi connectivity index (χ1) is 15.6. The lowest BCUT2D eigenvalue weighted by molar-refractivity contribution is -0.185. The van der Waals surface area contributed by atoms with Crippen LogP contribution in [0.3, 0.4) is 0 Å². The SMILES string of the molecule is CC(C)C[C@@H]1N[C@@](c2ccc3cc(Br)ccc3c2)(C(F)(F)F)C#CCSC[C@@H](C#N)NC1=O. The van der Waals surface area contributed by atoms with Gasteiger partial charge in [0.2, 0.25) is 11.4 Å². The third kappa shape index (κ3) is 5.84. The molecule has 0 unspecified atom stereocenters. The molecule has 1 aliphatic heterocycles. The highest BCUT2D eigenvalue weighted by Crippen LogP contribution is 2.41. The maximum absolute atomic E-state index is 14.8. The minimum Gasteiger partial charge on any atom is -0.338 e. The summed E-state index contributed by atoms with van der Waals surface area (Å²) in [4.78, 5) is 13.0. The second kappa shape index (κ2) is 10.4. The maximum atomic E-state index is 14.8. The van der Waals surface area contributed by atoms with Crippen molar-refractivity contribution in [2.45, 2.75) is 44.1 Å². The van der Waals surface area contributed by atoms with E-state index in [0.29, 0.717) is 5.39 Å². The van der Waals surface area contributed by atoms with E-state index in [2.05, 4.69) is 38.4 Å². The number of carbonyl (C=O) groups excluding carboxylic acids is 1. The van der Waals surface area contributed by atoms with Crippen LogP contribution >= 0.6 is 27.7 Å². The zero-order valence-corrected chi connectivity index (χ0v) is 20.5. The number of fused-ring (bicyclic) bond motifs is 1. The molecular weight excluding hydrogens is 515 g/mol. The molecule has 0 aromatic heterocycles. The molecule has 0 saturated carbocycles. The number of nitriles is 1. The van der Waals surface area contributed by atoms with Gasteiger partial charge in [0.1, 0.15) is 6.04 Å². The molecule has 1 aliphatic rings. The first-order valence-corrected chi connectivity index (χ1v) is 12.3. The van der Waals surface area contributed by atoms with E-state index in [1.807, 2.05) is 26.0 Å². The van der Waals surface area contributed by atoms with Crippen LogP contribution in [0.2, 0.25) is 0 Å². The van der Waals surface area contributed by atoms with Crippen LogP contribution in [0, 0.1) is 29.1 Å². The second-order valence-electron chi connectivity index (χ2n) is 8.29. The summed E-state index contributed by atoms with van der Waals surface area (Å²) in [6.07, 6.45) is -4.66. The van der Waals surface area contributed by atoms with Gasteiger partial charge in [-0.15, -0.1) is 11.8 Å². The second-order valence-corrected chi connectivity index (χ2v) is 10.2. The number of benzene rings is 2. The Morgan fingerprint density at radius 1 is 1.27 bits per heavy atom. The van der Waals surface area contributed by atoms with Gasteiger partial charge < -0.3 is 5.32 Å². The number of hydrogen-bond acceptors (Lipinski definition) is 4. The zero-order valence-electron chi connectivity index (χ0n) is 18.1. The molecule has 3 atom stereocenters. The lowest BCUT2D eigenvalue weighted by Crippen LogP contribution is -2.61. The zero-order chi connectivity index (χ0) is 24.2. The summed E-state index contributed by atoms with van der Waals surface area (Å²) in [5, 5.41) is 15.9. The minimum absolute atomic E-state index is 0.0684. The van der Waals surface area contributed by atoms with Crippen molar-refractivity contribution in [3.05, 3.63) is 46.4 Å². The first kappa shape index (κ1) is 25.4. The van der Waals surface area contributed by atoms with Gasteiger partial charge in [-0.25, -0.2) is 0 Å². The Hall–Kier alpha value is -2.20. The summed E-state index contributed by atoms with van der Waals surface area (Å²) in [6.45, 7) is 3.65. The third-order valence-electron chi connectivity index (χ3n) is 5.28. The molecular formula is C24H23BrF3N3OS. The van der Waals surface area contributed by atoms with Crippen LogP contribution in [0.25, 0.3) is 10.8 Å². The third-order valence-corrected chi connectivity index (χ3v) is 6.69. The average molecular weight is 538 g/mol. The Morgan fingerprint density at radius 2 is 1.97 bits per heavy atom. The standard InChI is InChI=1S/C24H23BrF3N3OS/c1-15(2)10-21-22(32)30-20(13-29)14-33-9-3-8-23(31-21,24(26,27)28)18-6-4-17-12-19(25)7-5-16(17)11-18/h4-7,11-12,15,20-21,31H,9-10,14H2,1-2H3,(H,30,32)/t20-,21+,23+/m1/s1. The Balaban J connectivity index is 2.19. The van der Waals surface area contributed by atoms with Gasteiger partial charge in [-0.3, -0.25) is 10.1 Å². The molecule has 3 rings (SSSR count). The molecule has 0 saturated heterocycles. The van der Waals surface area contributed by atoms with Gasteiger partial charge in [0.25, 0.3) is 0 Å². The average Bonchev–Trinajstić information content (AvgIpc) is 2.77. The molecule has 0 radical (unpaired) electrons. The van der Waals surface area contributed by atoms with Crippen molar-refractivity contribution in [2.75, 3.05) is 11.5 Å². The Morgan fingerprint density at radius 3 is 2.64 bits per heavy atom. The van der Waals surface area contributed by atoms with Crippen LogP contribution in [0.4, 0.5) is 13.2 Å². The van der Waals surface area contributed by atoms with E-state index in [-0.39, 0.29) is 29.4 Å². The molecule has 2 aromatic rings. The molecule has 4 nitrogen and oxygen atoms in total. The van der Waals surface area contributed by atoms with Crippen molar-refractivity contribution in [1.29, 1.82) is 5.26 Å². The number of hydrogen-bond donors (Lipinski definition) is 2. The van der Waals surface area contributed by atoms with E-state index in [0.717, 1.165) is 9.86 Å². The predicted octanol–water partition coefficient (Wildman–Crippen LogP) is 5.12. The van der Waals surface area contributed by atoms with Crippen LogP contribution in [0.15, 0.2) is 40.9 Å². The summed E-state index contributed by atoms with van der Waals surface area (Å²) in [6, 6.07) is 9.80. The highest BCUT2D eigenvalue weighted by Gasteiger charge is 2.57. The monoisotopic (exact) mass is 537 g/mol. The van der Waals surface area contributed by atoms with Gasteiger partial charge in [0.15, 0.2) is 0 Å². The molecule has 0 fully saturated rings. The van der Waals surface area contributed by atoms with Crippen molar-refractivity contribution in [1.82, 2.24) is 10.6 Å². The van der Waals surface area contributed by atoms with Crippen molar-refractivity contribution in [3.63, 3.8) is 0 Å². The summed E-state index contributed by atoms with van der Waals surface area (Å²) in [7, 11) is 0. The molecule has 0 bridgehead atoms. The smallest absolute Gasteiger partial charge is 0.338 e. The molecule has 2 aromatic carbocycles. The fourth-order valence-corrected chi connectivity index (χ4v) is 4.77. The van der Waals surface area contributed by atoms with Crippen molar-refractivity contribution >= 4 is 44.4 Å². The lowest BCUT2D eigenvalue weighted by Gasteiger charge is -2.36. The quantitative estimate of drug-likeness (QED) is 0.533. The fourth-order valence-electron chi connectivity index (χ4n) is 3.70. The van der Waals surface area contributed by atoms with Crippen molar-refractivity contribution in [2.24, 2.45) is 5.92 Å². The molecule has 0 aliphatic carbocycles. The van der Waals surface area contributed by atoms with E-state index in [1.165, 1.54) is 23.9 Å². The first-order valence-electron chi connectivity index (χ1n) is 10.4. The summed E-state index contributed by atoms with van der Waals surface area (Å²) in [5.41, 5.74) is -2.84. The van der Waals surface area contributed by atoms with Crippen LogP contribution in [-0.4, -0.2) is 35.7 Å². The van der Waals surface area contributed by atoms with Crippen LogP contribution in [-0.2, 0) is 10.3 Å². The van der Waals surface area contributed by atoms with Gasteiger partial charge in [-0.1, -0.05) is 59.8 Å². The maximum Gasteiger partial charge on any atom is 0.422 e. The van der Waals surface area contributed by atoms with Crippen LogP contribution in [0.5, 0.6) is 0 Å². The van der Waals surface area contributed by atoms with Gasteiger partial charge in [0.05, 0.1) is 17.9 Å². The van der Waals surface area contributed by atoms with Crippen LogP contribution < -0.4 is 10.6 Å². The number of alkyl halides is 3. The molecule has 9 heteroatoms. The highest BCUT2D eigenvalue weighted by atomic mass is 79.9. The summed E-state index contributed by atoms with van der Waals surface area (Å²) < 4.78 is 45.3. The lowest BCUT2D eigenvalue weighted by atomic mass is 9.86. The number of carbonyl (C=O) groups is 1. The van der Waals surface area contributed by atoms with E-state index in [9.17, 15) is 23.2 Å².